The molecule has 1 amide bonds. The number of ether oxygens (including phenoxy) is 2. The fourth-order valence-electron chi connectivity index (χ4n) is 3.06. The highest BCUT2D eigenvalue weighted by Gasteiger charge is 2.17. The van der Waals surface area contributed by atoms with Gasteiger partial charge in [0.2, 0.25) is 0 Å². The van der Waals surface area contributed by atoms with Crippen LogP contribution in [0.3, 0.4) is 0 Å². The zero-order valence-electron chi connectivity index (χ0n) is 15.7. The molecule has 1 aliphatic heterocycles. The number of benzene rings is 2. The van der Waals surface area contributed by atoms with Crippen LogP contribution in [-0.2, 0) is 6.42 Å². The molecule has 0 radical (unpaired) electrons. The fraction of sp³-hybridized carbons (Fsp3) is 0.200. The highest BCUT2D eigenvalue weighted by atomic mass is 35.5. The van der Waals surface area contributed by atoms with Crippen LogP contribution in [0.1, 0.15) is 16.1 Å². The molecular weight excluding hydrogens is 412 g/mol. The van der Waals surface area contributed by atoms with E-state index in [4.69, 9.17) is 21.1 Å². The van der Waals surface area contributed by atoms with E-state index in [-0.39, 0.29) is 17.3 Å². The Hall–Kier alpha value is -3.59. The van der Waals surface area contributed by atoms with E-state index in [2.05, 4.69) is 10.4 Å². The molecule has 0 fully saturated rings. The van der Waals surface area contributed by atoms with Crippen molar-refractivity contribution in [3.63, 3.8) is 0 Å². The van der Waals surface area contributed by atoms with Crippen molar-refractivity contribution in [2.24, 2.45) is 0 Å². The molecule has 0 spiro atoms. The van der Waals surface area contributed by atoms with Gasteiger partial charge in [0.15, 0.2) is 17.2 Å². The van der Waals surface area contributed by atoms with Crippen LogP contribution < -0.4 is 14.8 Å². The largest absolute Gasteiger partial charge is 0.486 e. The molecule has 3 aromatic rings. The van der Waals surface area contributed by atoms with Crippen molar-refractivity contribution in [3.05, 3.63) is 75.1 Å². The number of carbonyl (C=O) groups is 1. The highest BCUT2D eigenvalue weighted by molar-refractivity contribution is 6.32. The summed E-state index contributed by atoms with van der Waals surface area (Å²) in [5, 5.41) is 18.4. The first-order valence-electron chi connectivity index (χ1n) is 9.18. The fourth-order valence-corrected chi connectivity index (χ4v) is 3.35. The maximum atomic E-state index is 12.4. The summed E-state index contributed by atoms with van der Waals surface area (Å²) in [6.45, 7) is 1.31. The van der Waals surface area contributed by atoms with Crippen LogP contribution in [0.4, 0.5) is 5.69 Å². The molecule has 154 valence electrons. The average molecular weight is 429 g/mol. The number of amides is 1. The number of nitro benzene ring substituents is 1. The lowest BCUT2D eigenvalue weighted by atomic mass is 10.1. The summed E-state index contributed by atoms with van der Waals surface area (Å²) in [6, 6.07) is 11.2. The third-order valence-corrected chi connectivity index (χ3v) is 4.76. The van der Waals surface area contributed by atoms with Crippen molar-refractivity contribution in [1.29, 1.82) is 0 Å². The van der Waals surface area contributed by atoms with E-state index in [0.717, 1.165) is 5.56 Å². The molecule has 0 atom stereocenters. The number of fused-ring (bicyclic) bond motifs is 1. The second kappa shape index (κ2) is 8.42. The Balaban J connectivity index is 1.38. The van der Waals surface area contributed by atoms with Gasteiger partial charge in [-0.25, -0.2) is 4.68 Å². The maximum absolute atomic E-state index is 12.4. The van der Waals surface area contributed by atoms with Crippen molar-refractivity contribution in [1.82, 2.24) is 15.1 Å². The van der Waals surface area contributed by atoms with E-state index in [1.807, 2.05) is 6.07 Å². The zero-order valence-corrected chi connectivity index (χ0v) is 16.5. The molecule has 0 saturated heterocycles. The van der Waals surface area contributed by atoms with Crippen LogP contribution in [0.25, 0.3) is 5.69 Å². The van der Waals surface area contributed by atoms with Gasteiger partial charge in [0.25, 0.3) is 11.6 Å². The third-order valence-electron chi connectivity index (χ3n) is 4.48. The van der Waals surface area contributed by atoms with Crippen molar-refractivity contribution in [2.45, 2.75) is 6.42 Å². The SMILES string of the molecule is O=C(NCCc1cc(Cl)c2c(c1)OCCO2)c1ccn(-c2cccc([N+](=O)[O-])c2)n1. The van der Waals surface area contributed by atoms with E-state index in [0.29, 0.717) is 48.4 Å². The summed E-state index contributed by atoms with van der Waals surface area (Å²) < 4.78 is 12.5. The highest BCUT2D eigenvalue weighted by Crippen LogP contribution is 2.38. The van der Waals surface area contributed by atoms with Crippen LogP contribution in [0.2, 0.25) is 5.02 Å². The molecule has 1 aromatic heterocycles. The lowest BCUT2D eigenvalue weighted by Gasteiger charge is -2.20. The standard InChI is InChI=1S/C20H17ClN4O5/c21-16-10-13(11-18-19(16)30-9-8-29-18)4-6-22-20(26)17-5-7-24(23-17)14-2-1-3-15(12-14)25(27)28/h1-3,5,7,10-12H,4,6,8-9H2,(H,22,26). The predicted octanol–water partition coefficient (Wildman–Crippen LogP) is 3.18. The molecule has 2 aromatic carbocycles. The number of nitro groups is 1. The van der Waals surface area contributed by atoms with Crippen LogP contribution in [0, 0.1) is 10.1 Å². The molecule has 2 heterocycles. The minimum absolute atomic E-state index is 0.0490. The Bertz CT molecular complexity index is 1110. The molecule has 4 rings (SSSR count). The van der Waals surface area contributed by atoms with Gasteiger partial charge in [-0.05, 0) is 36.2 Å². The molecule has 1 aliphatic rings. The minimum Gasteiger partial charge on any atom is -0.486 e. The summed E-state index contributed by atoms with van der Waals surface area (Å²) in [7, 11) is 0. The topological polar surface area (TPSA) is 109 Å². The Morgan fingerprint density at radius 2 is 2.07 bits per heavy atom. The van der Waals surface area contributed by atoms with Crippen LogP contribution in [0.5, 0.6) is 11.5 Å². The summed E-state index contributed by atoms with van der Waals surface area (Å²) in [5.74, 6) is 0.802. The van der Waals surface area contributed by atoms with Gasteiger partial charge in [-0.2, -0.15) is 5.10 Å². The molecule has 0 unspecified atom stereocenters. The number of rotatable bonds is 6. The maximum Gasteiger partial charge on any atom is 0.271 e. The van der Waals surface area contributed by atoms with Crippen LogP contribution >= 0.6 is 11.6 Å². The summed E-state index contributed by atoms with van der Waals surface area (Å²) in [6.07, 6.45) is 2.13. The van der Waals surface area contributed by atoms with Gasteiger partial charge in [0.05, 0.1) is 15.6 Å². The van der Waals surface area contributed by atoms with E-state index in [1.165, 1.54) is 16.8 Å². The quantitative estimate of drug-likeness (QED) is 0.477. The number of aromatic nitrogens is 2. The Morgan fingerprint density at radius 1 is 1.23 bits per heavy atom. The summed E-state index contributed by atoms with van der Waals surface area (Å²) in [5.41, 5.74) is 1.56. The minimum atomic E-state index is -0.481. The molecule has 30 heavy (non-hydrogen) atoms. The third kappa shape index (κ3) is 4.20. The smallest absolute Gasteiger partial charge is 0.271 e. The van der Waals surface area contributed by atoms with Gasteiger partial charge in [-0.3, -0.25) is 14.9 Å². The number of carbonyl (C=O) groups excluding carboxylic acids is 1. The van der Waals surface area contributed by atoms with Crippen molar-refractivity contribution >= 4 is 23.2 Å². The van der Waals surface area contributed by atoms with Gasteiger partial charge in [0.1, 0.15) is 13.2 Å². The first-order chi connectivity index (χ1) is 14.5. The van der Waals surface area contributed by atoms with Gasteiger partial charge in [-0.1, -0.05) is 17.7 Å². The summed E-state index contributed by atoms with van der Waals surface area (Å²) >= 11 is 6.23. The van der Waals surface area contributed by atoms with Gasteiger partial charge < -0.3 is 14.8 Å². The average Bonchev–Trinajstić information content (AvgIpc) is 3.24. The van der Waals surface area contributed by atoms with E-state index in [1.54, 1.807) is 30.5 Å². The second-order valence-corrected chi connectivity index (χ2v) is 6.94. The zero-order chi connectivity index (χ0) is 21.1. The van der Waals surface area contributed by atoms with Crippen LogP contribution in [0.15, 0.2) is 48.7 Å². The van der Waals surface area contributed by atoms with Crippen molar-refractivity contribution in [3.8, 4) is 17.2 Å². The Morgan fingerprint density at radius 3 is 2.90 bits per heavy atom. The molecule has 10 heteroatoms. The first kappa shape index (κ1) is 19.7. The number of hydrogen-bond acceptors (Lipinski definition) is 6. The van der Waals surface area contributed by atoms with Gasteiger partial charge in [-0.15, -0.1) is 0 Å². The Labute approximate surface area is 176 Å². The molecule has 0 bridgehead atoms. The second-order valence-electron chi connectivity index (χ2n) is 6.53. The molecule has 9 nitrogen and oxygen atoms in total. The van der Waals surface area contributed by atoms with E-state index in [9.17, 15) is 14.9 Å². The number of nitrogens with zero attached hydrogens (tertiary/aromatic N) is 3. The number of nitrogens with one attached hydrogen (secondary N) is 1. The summed E-state index contributed by atoms with van der Waals surface area (Å²) in [4.78, 5) is 22.8. The number of non-ortho nitro benzene ring substituents is 1. The van der Waals surface area contributed by atoms with E-state index < -0.39 is 4.92 Å². The molecular formula is C20H17ClN4O5. The van der Waals surface area contributed by atoms with E-state index >= 15 is 0 Å². The van der Waals surface area contributed by atoms with Crippen LogP contribution in [-0.4, -0.2) is 40.4 Å². The monoisotopic (exact) mass is 428 g/mol. The van der Waals surface area contributed by atoms with Gasteiger partial charge >= 0.3 is 0 Å². The number of halogens is 1. The molecule has 1 N–H and O–H groups in total. The lowest BCUT2D eigenvalue weighted by Crippen LogP contribution is -2.26. The molecule has 0 aliphatic carbocycles. The van der Waals surface area contributed by atoms with Gasteiger partial charge in [0, 0.05) is 24.9 Å². The lowest BCUT2D eigenvalue weighted by molar-refractivity contribution is -0.384. The predicted molar refractivity (Wildman–Crippen MR) is 109 cm³/mol. The molecule has 0 saturated carbocycles. The first-order valence-corrected chi connectivity index (χ1v) is 9.56. The number of hydrogen-bond donors (Lipinski definition) is 1. The van der Waals surface area contributed by atoms with Crippen molar-refractivity contribution in [2.75, 3.05) is 19.8 Å². The van der Waals surface area contributed by atoms with Crippen molar-refractivity contribution < 1.29 is 19.2 Å². The normalized spacial score (nSPS) is 12.4. The Kier molecular flexibility index (Phi) is 5.53.